The van der Waals surface area contributed by atoms with Gasteiger partial charge in [-0.2, -0.15) is 0 Å². The summed E-state index contributed by atoms with van der Waals surface area (Å²) in [5.41, 5.74) is 1.20. The van der Waals surface area contributed by atoms with Gasteiger partial charge in [0.05, 0.1) is 18.8 Å². The minimum atomic E-state index is -0.623. The number of hydrogen-bond donors (Lipinski definition) is 3. The maximum atomic E-state index is 10.2. The Hall–Kier alpha value is -0.940. The van der Waals surface area contributed by atoms with Gasteiger partial charge in [0.25, 0.3) is 0 Å². The number of hydrogen-bond acceptors (Lipinski definition) is 4. The van der Waals surface area contributed by atoms with E-state index in [1.807, 2.05) is 18.2 Å². The molecule has 1 saturated carbocycles. The minimum Gasteiger partial charge on any atom is -0.390 e. The first-order valence-electron chi connectivity index (χ1n) is 6.51. The van der Waals surface area contributed by atoms with Crippen LogP contribution in [0.15, 0.2) is 30.3 Å². The fourth-order valence-electron chi connectivity index (χ4n) is 2.95. The molecule has 3 N–H and O–H groups in total. The molecule has 98 valence electrons. The Morgan fingerprint density at radius 1 is 1.17 bits per heavy atom. The van der Waals surface area contributed by atoms with Gasteiger partial charge in [-0.1, -0.05) is 30.3 Å². The Morgan fingerprint density at radius 2 is 1.94 bits per heavy atom. The number of aliphatic hydroxyl groups excluding tert-OH is 2. The second-order valence-electron chi connectivity index (χ2n) is 5.25. The first-order valence-corrected chi connectivity index (χ1v) is 6.51. The second kappa shape index (κ2) is 4.97. The Morgan fingerprint density at radius 3 is 2.72 bits per heavy atom. The molecule has 1 aliphatic carbocycles. The minimum absolute atomic E-state index is 0.00565. The highest BCUT2D eigenvalue weighted by Crippen LogP contribution is 2.34. The SMILES string of the molecule is O[C@@H]1[C@H]2CO[C@H]1[C@@H](O)[C@H](NCc1ccccc1)C2. The van der Waals surface area contributed by atoms with Crippen molar-refractivity contribution in [2.45, 2.75) is 37.3 Å². The number of rotatable bonds is 3. The molecule has 5 atom stereocenters. The lowest BCUT2D eigenvalue weighted by Crippen LogP contribution is -2.54. The topological polar surface area (TPSA) is 61.7 Å². The number of aliphatic hydroxyl groups is 2. The Bertz CT molecular complexity index is 397. The molecule has 3 rings (SSSR count). The van der Waals surface area contributed by atoms with Gasteiger partial charge in [-0.05, 0) is 12.0 Å². The molecule has 2 aliphatic rings. The van der Waals surface area contributed by atoms with Gasteiger partial charge in [-0.15, -0.1) is 0 Å². The molecule has 1 aromatic carbocycles. The molecule has 1 saturated heterocycles. The van der Waals surface area contributed by atoms with Crippen molar-refractivity contribution in [3.05, 3.63) is 35.9 Å². The van der Waals surface area contributed by atoms with E-state index in [2.05, 4.69) is 17.4 Å². The third kappa shape index (κ3) is 2.17. The third-order valence-electron chi connectivity index (χ3n) is 4.04. The molecular weight excluding hydrogens is 230 g/mol. The van der Waals surface area contributed by atoms with E-state index < -0.39 is 18.3 Å². The van der Waals surface area contributed by atoms with Gasteiger partial charge in [-0.25, -0.2) is 0 Å². The second-order valence-corrected chi connectivity index (χ2v) is 5.25. The summed E-state index contributed by atoms with van der Waals surface area (Å²) in [6.45, 7) is 1.30. The highest BCUT2D eigenvalue weighted by atomic mass is 16.5. The molecule has 0 radical (unpaired) electrons. The number of nitrogens with one attached hydrogen (secondary N) is 1. The van der Waals surface area contributed by atoms with E-state index in [4.69, 9.17) is 4.74 Å². The average molecular weight is 249 g/mol. The van der Waals surface area contributed by atoms with Gasteiger partial charge in [0, 0.05) is 18.5 Å². The number of fused-ring (bicyclic) bond motifs is 2. The molecule has 1 heterocycles. The maximum absolute atomic E-state index is 10.2. The molecule has 0 spiro atoms. The summed E-state index contributed by atoms with van der Waals surface area (Å²) in [5, 5.41) is 23.4. The van der Waals surface area contributed by atoms with Crippen LogP contribution < -0.4 is 5.32 Å². The molecule has 0 unspecified atom stereocenters. The fraction of sp³-hybridized carbons (Fsp3) is 0.571. The molecule has 2 fully saturated rings. The summed E-state index contributed by atoms with van der Waals surface area (Å²) in [7, 11) is 0. The van der Waals surface area contributed by atoms with Gasteiger partial charge in [0.2, 0.25) is 0 Å². The van der Waals surface area contributed by atoms with E-state index in [0.29, 0.717) is 6.61 Å². The summed E-state index contributed by atoms with van der Waals surface area (Å²) in [4.78, 5) is 0. The van der Waals surface area contributed by atoms with Crippen LogP contribution in [-0.4, -0.2) is 41.2 Å². The summed E-state index contributed by atoms with van der Waals surface area (Å²) in [6.07, 6.45) is -0.777. The van der Waals surface area contributed by atoms with Gasteiger partial charge in [0.15, 0.2) is 0 Å². The van der Waals surface area contributed by atoms with E-state index in [0.717, 1.165) is 13.0 Å². The van der Waals surface area contributed by atoms with E-state index in [1.165, 1.54) is 5.56 Å². The van der Waals surface area contributed by atoms with E-state index >= 15 is 0 Å². The number of ether oxygens (including phenoxy) is 1. The fourth-order valence-corrected chi connectivity index (χ4v) is 2.95. The highest BCUT2D eigenvalue weighted by Gasteiger charge is 2.48. The van der Waals surface area contributed by atoms with Gasteiger partial charge < -0.3 is 20.3 Å². The van der Waals surface area contributed by atoms with E-state index in [9.17, 15) is 10.2 Å². The maximum Gasteiger partial charge on any atom is 0.111 e. The predicted octanol–water partition coefficient (Wildman–Crippen LogP) is 0.285. The van der Waals surface area contributed by atoms with Crippen LogP contribution in [-0.2, 0) is 11.3 Å². The van der Waals surface area contributed by atoms with Gasteiger partial charge >= 0.3 is 0 Å². The molecular formula is C14H19NO3. The monoisotopic (exact) mass is 249 g/mol. The van der Waals surface area contributed by atoms with Crippen molar-refractivity contribution in [3.63, 3.8) is 0 Å². The lowest BCUT2D eigenvalue weighted by atomic mass is 9.82. The van der Waals surface area contributed by atoms with Crippen LogP contribution in [0.4, 0.5) is 0 Å². The Kier molecular flexibility index (Phi) is 3.35. The summed E-state index contributed by atoms with van der Waals surface area (Å²) >= 11 is 0. The lowest BCUT2D eigenvalue weighted by Gasteiger charge is -2.35. The van der Waals surface area contributed by atoms with E-state index in [1.54, 1.807) is 0 Å². The van der Waals surface area contributed by atoms with Gasteiger partial charge in [-0.3, -0.25) is 0 Å². The van der Waals surface area contributed by atoms with Crippen LogP contribution >= 0.6 is 0 Å². The van der Waals surface area contributed by atoms with Crippen LogP contribution in [0, 0.1) is 5.92 Å². The third-order valence-corrected chi connectivity index (χ3v) is 4.04. The first-order chi connectivity index (χ1) is 8.75. The van der Waals surface area contributed by atoms with Crippen LogP contribution in [0.3, 0.4) is 0 Å². The van der Waals surface area contributed by atoms with Crippen molar-refractivity contribution in [3.8, 4) is 0 Å². The van der Waals surface area contributed by atoms with Crippen molar-refractivity contribution in [1.82, 2.24) is 5.32 Å². The Balaban J connectivity index is 1.61. The van der Waals surface area contributed by atoms with Crippen LogP contribution in [0.5, 0.6) is 0 Å². The molecule has 2 bridgehead atoms. The summed E-state index contributed by atoms with van der Waals surface area (Å²) in [6, 6.07) is 10.1. The molecule has 0 amide bonds. The van der Waals surface area contributed by atoms with Crippen molar-refractivity contribution in [2.24, 2.45) is 5.92 Å². The number of benzene rings is 1. The summed E-state index contributed by atoms with van der Waals surface area (Å²) < 4.78 is 5.44. The molecule has 4 nitrogen and oxygen atoms in total. The van der Waals surface area contributed by atoms with Gasteiger partial charge in [0.1, 0.15) is 6.10 Å². The average Bonchev–Trinajstić information content (AvgIpc) is 2.66. The van der Waals surface area contributed by atoms with Crippen molar-refractivity contribution >= 4 is 0 Å². The molecule has 18 heavy (non-hydrogen) atoms. The quantitative estimate of drug-likeness (QED) is 0.720. The zero-order valence-corrected chi connectivity index (χ0v) is 10.2. The zero-order chi connectivity index (χ0) is 12.5. The molecule has 4 heteroatoms. The van der Waals surface area contributed by atoms with Crippen molar-refractivity contribution < 1.29 is 14.9 Å². The Labute approximate surface area is 107 Å². The first kappa shape index (κ1) is 12.1. The standard InChI is InChI=1S/C14H19NO3/c16-12-10-6-11(13(17)14(12)18-8-10)15-7-9-4-2-1-3-5-9/h1-5,10-17H,6-8H2/t10-,11-,12-,13+,14-/m1/s1. The largest absolute Gasteiger partial charge is 0.390 e. The normalized spacial score (nSPS) is 38.9. The smallest absolute Gasteiger partial charge is 0.111 e. The van der Waals surface area contributed by atoms with Crippen LogP contribution in [0.25, 0.3) is 0 Å². The summed E-state index contributed by atoms with van der Waals surface area (Å²) in [5.74, 6) is 0.159. The molecule has 1 aliphatic heterocycles. The van der Waals surface area contributed by atoms with E-state index in [-0.39, 0.29) is 12.0 Å². The van der Waals surface area contributed by atoms with Crippen LogP contribution in [0.2, 0.25) is 0 Å². The molecule has 0 aromatic heterocycles. The van der Waals surface area contributed by atoms with Crippen molar-refractivity contribution in [1.29, 1.82) is 0 Å². The zero-order valence-electron chi connectivity index (χ0n) is 10.2. The highest BCUT2D eigenvalue weighted by molar-refractivity contribution is 5.14. The molecule has 1 aromatic rings. The predicted molar refractivity (Wildman–Crippen MR) is 66.9 cm³/mol. The van der Waals surface area contributed by atoms with Crippen LogP contribution in [0.1, 0.15) is 12.0 Å². The van der Waals surface area contributed by atoms with Crippen molar-refractivity contribution in [2.75, 3.05) is 6.61 Å². The lowest BCUT2D eigenvalue weighted by molar-refractivity contribution is -0.0758.